The second-order valence-corrected chi connectivity index (χ2v) is 5.16. The van der Waals surface area contributed by atoms with E-state index in [-0.39, 0.29) is 5.97 Å². The van der Waals surface area contributed by atoms with Gasteiger partial charge >= 0.3 is 5.97 Å². The summed E-state index contributed by atoms with van der Waals surface area (Å²) in [7, 11) is 0. The van der Waals surface area contributed by atoms with Gasteiger partial charge < -0.3 is 9.64 Å². The molecule has 2 heterocycles. The third-order valence-electron chi connectivity index (χ3n) is 3.65. The van der Waals surface area contributed by atoms with Crippen molar-refractivity contribution in [3.05, 3.63) is 17.5 Å². The fraction of sp³-hybridized carbons (Fsp3) is 0.643. The van der Waals surface area contributed by atoms with Gasteiger partial charge in [0.2, 0.25) is 5.95 Å². The molecule has 0 bridgehead atoms. The van der Waals surface area contributed by atoms with Gasteiger partial charge in [-0.1, -0.05) is 0 Å². The molecule has 5 heteroatoms. The minimum atomic E-state index is -0.294. The zero-order chi connectivity index (χ0) is 13.2. The van der Waals surface area contributed by atoms with Crippen molar-refractivity contribution >= 4 is 11.9 Å². The van der Waals surface area contributed by atoms with E-state index in [1.165, 1.54) is 12.8 Å². The molecule has 3 rings (SSSR count). The van der Waals surface area contributed by atoms with Crippen LogP contribution >= 0.6 is 0 Å². The summed E-state index contributed by atoms with van der Waals surface area (Å²) in [5.74, 6) is 0.897. The minimum Gasteiger partial charge on any atom is -0.462 e. The topological polar surface area (TPSA) is 55.3 Å². The molecule has 0 N–H and O–H groups in total. The lowest BCUT2D eigenvalue weighted by atomic mass is 10.1. The van der Waals surface area contributed by atoms with Crippen molar-refractivity contribution in [3.63, 3.8) is 0 Å². The number of ether oxygens (including phenoxy) is 1. The van der Waals surface area contributed by atoms with Crippen LogP contribution in [0.15, 0.2) is 6.20 Å². The van der Waals surface area contributed by atoms with Crippen LogP contribution in [-0.4, -0.2) is 35.6 Å². The van der Waals surface area contributed by atoms with Crippen LogP contribution in [-0.2, 0) is 4.74 Å². The first kappa shape index (κ1) is 12.4. The van der Waals surface area contributed by atoms with Gasteiger partial charge in [0.15, 0.2) is 0 Å². The summed E-state index contributed by atoms with van der Waals surface area (Å²) in [6.07, 6.45) is 6.27. The number of nitrogens with zero attached hydrogens (tertiary/aromatic N) is 3. The smallest absolute Gasteiger partial charge is 0.341 e. The molecule has 19 heavy (non-hydrogen) atoms. The molecule has 2 aliphatic rings. The molecule has 102 valence electrons. The standard InChI is InChI=1S/C14H19N3O2/c1-2-19-13(18)11-9-15-14(17-7-3-4-8-17)16-12(11)10-5-6-10/h9-10H,2-8H2,1H3. The molecule has 2 fully saturated rings. The number of aromatic nitrogens is 2. The molecule has 1 saturated heterocycles. The zero-order valence-corrected chi connectivity index (χ0v) is 11.3. The van der Waals surface area contributed by atoms with Gasteiger partial charge in [0.25, 0.3) is 0 Å². The molecular weight excluding hydrogens is 242 g/mol. The average Bonchev–Trinajstić information content (AvgIpc) is 3.13. The van der Waals surface area contributed by atoms with E-state index in [4.69, 9.17) is 4.74 Å². The first-order chi connectivity index (χ1) is 9.29. The summed E-state index contributed by atoms with van der Waals surface area (Å²) in [5.41, 5.74) is 1.43. The molecule has 0 amide bonds. The van der Waals surface area contributed by atoms with E-state index in [1.54, 1.807) is 6.20 Å². The molecule has 1 aromatic heterocycles. The Kier molecular flexibility index (Phi) is 3.36. The molecule has 0 aromatic carbocycles. The molecule has 1 aliphatic heterocycles. The van der Waals surface area contributed by atoms with Gasteiger partial charge in [0.05, 0.1) is 17.9 Å². The Morgan fingerprint density at radius 1 is 1.42 bits per heavy atom. The Balaban J connectivity index is 1.90. The Labute approximate surface area is 113 Å². The third kappa shape index (κ3) is 2.55. The Morgan fingerprint density at radius 3 is 2.79 bits per heavy atom. The molecule has 1 aliphatic carbocycles. The monoisotopic (exact) mass is 261 g/mol. The molecule has 1 aromatic rings. The highest BCUT2D eigenvalue weighted by molar-refractivity contribution is 5.90. The maximum atomic E-state index is 11.9. The SMILES string of the molecule is CCOC(=O)c1cnc(N2CCCC2)nc1C1CC1. The number of carbonyl (C=O) groups excluding carboxylic acids is 1. The van der Waals surface area contributed by atoms with Crippen molar-refractivity contribution in [2.75, 3.05) is 24.6 Å². The fourth-order valence-corrected chi connectivity index (χ4v) is 2.49. The second kappa shape index (κ2) is 5.15. The van der Waals surface area contributed by atoms with Crippen molar-refractivity contribution < 1.29 is 9.53 Å². The highest BCUT2D eigenvalue weighted by Crippen LogP contribution is 2.41. The van der Waals surface area contributed by atoms with Crippen molar-refractivity contribution in [1.29, 1.82) is 0 Å². The first-order valence-electron chi connectivity index (χ1n) is 7.08. The summed E-state index contributed by atoms with van der Waals surface area (Å²) in [5, 5.41) is 0. The number of rotatable bonds is 4. The quantitative estimate of drug-likeness (QED) is 0.777. The summed E-state index contributed by atoms with van der Waals surface area (Å²) in [4.78, 5) is 23.1. The summed E-state index contributed by atoms with van der Waals surface area (Å²) >= 11 is 0. The van der Waals surface area contributed by atoms with Gasteiger partial charge in [-0.25, -0.2) is 14.8 Å². The van der Waals surface area contributed by atoms with Gasteiger partial charge in [0, 0.05) is 25.2 Å². The Bertz CT molecular complexity index is 480. The van der Waals surface area contributed by atoms with E-state index in [2.05, 4.69) is 14.9 Å². The lowest BCUT2D eigenvalue weighted by Gasteiger charge is -2.16. The van der Waals surface area contributed by atoms with Crippen LogP contribution in [0.2, 0.25) is 0 Å². The largest absolute Gasteiger partial charge is 0.462 e. The van der Waals surface area contributed by atoms with Crippen LogP contribution < -0.4 is 4.90 Å². The van der Waals surface area contributed by atoms with Crippen molar-refractivity contribution in [2.45, 2.75) is 38.5 Å². The van der Waals surface area contributed by atoms with Gasteiger partial charge in [-0.2, -0.15) is 0 Å². The molecule has 0 spiro atoms. The molecule has 0 atom stereocenters. The fourth-order valence-electron chi connectivity index (χ4n) is 2.49. The van der Waals surface area contributed by atoms with Crippen LogP contribution in [0.4, 0.5) is 5.95 Å². The van der Waals surface area contributed by atoms with Crippen LogP contribution in [0.5, 0.6) is 0 Å². The lowest BCUT2D eigenvalue weighted by Crippen LogP contribution is -2.22. The van der Waals surface area contributed by atoms with E-state index in [9.17, 15) is 4.79 Å². The van der Waals surface area contributed by atoms with Gasteiger partial charge in [-0.3, -0.25) is 0 Å². The summed E-state index contributed by atoms with van der Waals surface area (Å²) < 4.78 is 5.08. The predicted octanol–water partition coefficient (Wildman–Crippen LogP) is 2.13. The maximum Gasteiger partial charge on any atom is 0.341 e. The van der Waals surface area contributed by atoms with Crippen molar-refractivity contribution in [2.24, 2.45) is 0 Å². The van der Waals surface area contributed by atoms with E-state index in [0.29, 0.717) is 18.1 Å². The predicted molar refractivity (Wildman–Crippen MR) is 71.4 cm³/mol. The molecule has 1 saturated carbocycles. The van der Waals surface area contributed by atoms with Crippen LogP contribution in [0.25, 0.3) is 0 Å². The normalized spacial score (nSPS) is 18.7. The van der Waals surface area contributed by atoms with Crippen molar-refractivity contribution in [1.82, 2.24) is 9.97 Å². The lowest BCUT2D eigenvalue weighted by molar-refractivity contribution is 0.0524. The second-order valence-electron chi connectivity index (χ2n) is 5.16. The Hall–Kier alpha value is -1.65. The number of esters is 1. The molecular formula is C14H19N3O2. The number of hydrogen-bond donors (Lipinski definition) is 0. The van der Waals surface area contributed by atoms with E-state index in [1.807, 2.05) is 6.92 Å². The third-order valence-corrected chi connectivity index (χ3v) is 3.65. The van der Waals surface area contributed by atoms with Gasteiger partial charge in [0.1, 0.15) is 0 Å². The highest BCUT2D eigenvalue weighted by Gasteiger charge is 2.31. The highest BCUT2D eigenvalue weighted by atomic mass is 16.5. The van der Waals surface area contributed by atoms with E-state index >= 15 is 0 Å². The zero-order valence-electron chi connectivity index (χ0n) is 11.3. The Morgan fingerprint density at radius 2 is 2.16 bits per heavy atom. The van der Waals surface area contributed by atoms with E-state index < -0.39 is 0 Å². The first-order valence-corrected chi connectivity index (χ1v) is 7.08. The minimum absolute atomic E-state index is 0.294. The van der Waals surface area contributed by atoms with Crippen molar-refractivity contribution in [3.8, 4) is 0 Å². The van der Waals surface area contributed by atoms with Crippen LogP contribution in [0.1, 0.15) is 54.6 Å². The molecule has 0 radical (unpaired) electrons. The average molecular weight is 261 g/mol. The van der Waals surface area contributed by atoms with Gasteiger partial charge in [-0.15, -0.1) is 0 Å². The number of anilines is 1. The van der Waals surface area contributed by atoms with Crippen LogP contribution in [0.3, 0.4) is 0 Å². The maximum absolute atomic E-state index is 11.9. The van der Waals surface area contributed by atoms with E-state index in [0.717, 1.165) is 37.6 Å². The van der Waals surface area contributed by atoms with Crippen LogP contribution in [0, 0.1) is 0 Å². The summed E-state index contributed by atoms with van der Waals surface area (Å²) in [6, 6.07) is 0. The molecule has 5 nitrogen and oxygen atoms in total. The number of hydrogen-bond acceptors (Lipinski definition) is 5. The number of carbonyl (C=O) groups is 1. The summed E-state index contributed by atoms with van der Waals surface area (Å²) in [6.45, 7) is 4.23. The van der Waals surface area contributed by atoms with Gasteiger partial charge in [-0.05, 0) is 32.6 Å². The molecule has 0 unspecified atom stereocenters.